The van der Waals surface area contributed by atoms with Crippen LogP contribution in [0.4, 0.5) is 5.95 Å². The average Bonchev–Trinajstić information content (AvgIpc) is 2.18. The van der Waals surface area contributed by atoms with Crippen molar-refractivity contribution in [1.29, 1.82) is 0 Å². The molecule has 0 spiro atoms. The standard InChI is InChI=1S/C11H20N4/c1-8(2)10-9(5-6-12)7-13-11(14-10)15(3)4/h7-8H,5-6,12H2,1-4H3. The first-order valence-corrected chi connectivity index (χ1v) is 5.29. The van der Waals surface area contributed by atoms with E-state index in [4.69, 9.17) is 5.73 Å². The number of nitrogens with zero attached hydrogens (tertiary/aromatic N) is 3. The van der Waals surface area contributed by atoms with Crippen LogP contribution in [0.5, 0.6) is 0 Å². The molecule has 4 nitrogen and oxygen atoms in total. The van der Waals surface area contributed by atoms with E-state index >= 15 is 0 Å². The summed E-state index contributed by atoms with van der Waals surface area (Å²) in [5.74, 6) is 1.17. The lowest BCUT2D eigenvalue weighted by Gasteiger charge is -2.15. The van der Waals surface area contributed by atoms with E-state index in [-0.39, 0.29) is 0 Å². The van der Waals surface area contributed by atoms with Gasteiger partial charge >= 0.3 is 0 Å². The number of hydrogen-bond donors (Lipinski definition) is 1. The second-order valence-electron chi connectivity index (χ2n) is 4.17. The molecule has 1 heterocycles. The maximum atomic E-state index is 5.56. The van der Waals surface area contributed by atoms with Gasteiger partial charge in [0.2, 0.25) is 5.95 Å². The molecule has 15 heavy (non-hydrogen) atoms. The topological polar surface area (TPSA) is 55.0 Å². The molecule has 0 radical (unpaired) electrons. The van der Waals surface area contributed by atoms with Crippen molar-refractivity contribution in [1.82, 2.24) is 9.97 Å². The van der Waals surface area contributed by atoms with Gasteiger partial charge in [0.25, 0.3) is 0 Å². The van der Waals surface area contributed by atoms with Crippen LogP contribution in [0.15, 0.2) is 6.20 Å². The van der Waals surface area contributed by atoms with Crippen LogP contribution in [0.2, 0.25) is 0 Å². The lowest BCUT2D eigenvalue weighted by molar-refractivity contribution is 0.773. The summed E-state index contributed by atoms with van der Waals surface area (Å²) in [7, 11) is 3.89. The minimum atomic E-state index is 0.410. The summed E-state index contributed by atoms with van der Waals surface area (Å²) >= 11 is 0. The van der Waals surface area contributed by atoms with Gasteiger partial charge in [-0.3, -0.25) is 0 Å². The molecule has 4 heteroatoms. The third kappa shape index (κ3) is 2.89. The van der Waals surface area contributed by atoms with Crippen molar-refractivity contribution in [3.05, 3.63) is 17.5 Å². The Morgan fingerprint density at radius 3 is 2.53 bits per heavy atom. The zero-order valence-electron chi connectivity index (χ0n) is 9.99. The molecule has 1 rings (SSSR count). The highest BCUT2D eigenvalue weighted by atomic mass is 15.2. The summed E-state index contributed by atoms with van der Waals surface area (Å²) in [5.41, 5.74) is 7.84. The van der Waals surface area contributed by atoms with Gasteiger partial charge in [-0.05, 0) is 24.4 Å². The Kier molecular flexibility index (Phi) is 4.03. The van der Waals surface area contributed by atoms with Crippen LogP contribution in [0.25, 0.3) is 0 Å². The maximum absolute atomic E-state index is 5.56. The normalized spacial score (nSPS) is 10.8. The van der Waals surface area contributed by atoms with Gasteiger partial charge in [0.05, 0.1) is 5.69 Å². The molecule has 0 unspecified atom stereocenters. The number of hydrogen-bond acceptors (Lipinski definition) is 4. The van der Waals surface area contributed by atoms with Gasteiger partial charge in [0.1, 0.15) is 0 Å². The number of nitrogens with two attached hydrogens (primary N) is 1. The second kappa shape index (κ2) is 5.07. The SMILES string of the molecule is CC(C)c1nc(N(C)C)ncc1CCN. The van der Waals surface area contributed by atoms with Crippen molar-refractivity contribution in [2.45, 2.75) is 26.2 Å². The Labute approximate surface area is 91.5 Å². The molecule has 0 bridgehead atoms. The van der Waals surface area contributed by atoms with Crippen LogP contribution in [-0.2, 0) is 6.42 Å². The lowest BCUT2D eigenvalue weighted by Crippen LogP contribution is -2.16. The van der Waals surface area contributed by atoms with Gasteiger partial charge < -0.3 is 10.6 Å². The van der Waals surface area contributed by atoms with Crippen molar-refractivity contribution in [2.75, 3.05) is 25.5 Å². The van der Waals surface area contributed by atoms with Crippen molar-refractivity contribution in [3.8, 4) is 0 Å². The largest absolute Gasteiger partial charge is 0.347 e. The molecule has 0 aromatic carbocycles. The Hall–Kier alpha value is -1.16. The van der Waals surface area contributed by atoms with Gasteiger partial charge in [-0.15, -0.1) is 0 Å². The third-order valence-electron chi connectivity index (χ3n) is 2.25. The van der Waals surface area contributed by atoms with Gasteiger partial charge in [0.15, 0.2) is 0 Å². The smallest absolute Gasteiger partial charge is 0.225 e. The van der Waals surface area contributed by atoms with Gasteiger partial charge in [-0.1, -0.05) is 13.8 Å². The summed E-state index contributed by atoms with van der Waals surface area (Å²) in [5, 5.41) is 0. The van der Waals surface area contributed by atoms with Crippen molar-refractivity contribution < 1.29 is 0 Å². The van der Waals surface area contributed by atoms with Crippen LogP contribution in [0.3, 0.4) is 0 Å². The van der Waals surface area contributed by atoms with E-state index < -0.39 is 0 Å². The van der Waals surface area contributed by atoms with E-state index in [1.165, 1.54) is 0 Å². The highest BCUT2D eigenvalue weighted by Gasteiger charge is 2.10. The second-order valence-corrected chi connectivity index (χ2v) is 4.17. The van der Waals surface area contributed by atoms with Crippen LogP contribution >= 0.6 is 0 Å². The third-order valence-corrected chi connectivity index (χ3v) is 2.25. The molecule has 0 aliphatic carbocycles. The summed E-state index contributed by atoms with van der Waals surface area (Å²) in [4.78, 5) is 10.8. The fraction of sp³-hybridized carbons (Fsp3) is 0.636. The van der Waals surface area contributed by atoms with Crippen molar-refractivity contribution in [2.24, 2.45) is 5.73 Å². The maximum Gasteiger partial charge on any atom is 0.225 e. The van der Waals surface area contributed by atoms with Crippen molar-refractivity contribution in [3.63, 3.8) is 0 Å². The zero-order valence-corrected chi connectivity index (χ0v) is 9.99. The molecular formula is C11H20N4. The first-order chi connectivity index (χ1) is 7.06. The van der Waals surface area contributed by atoms with E-state index in [9.17, 15) is 0 Å². The molecule has 0 saturated carbocycles. The molecular weight excluding hydrogens is 188 g/mol. The minimum absolute atomic E-state index is 0.410. The molecule has 0 fully saturated rings. The molecule has 0 aliphatic rings. The Balaban J connectivity index is 3.09. The van der Waals surface area contributed by atoms with E-state index in [0.29, 0.717) is 12.5 Å². The number of anilines is 1. The Bertz CT molecular complexity index is 320. The highest BCUT2D eigenvalue weighted by molar-refractivity contribution is 5.32. The molecule has 1 aromatic rings. The minimum Gasteiger partial charge on any atom is -0.347 e. The molecule has 2 N–H and O–H groups in total. The number of aromatic nitrogens is 2. The zero-order chi connectivity index (χ0) is 11.4. The average molecular weight is 208 g/mol. The van der Waals surface area contributed by atoms with Crippen LogP contribution in [-0.4, -0.2) is 30.6 Å². The number of rotatable bonds is 4. The summed E-state index contributed by atoms with van der Waals surface area (Å²) in [6, 6.07) is 0. The fourth-order valence-corrected chi connectivity index (χ4v) is 1.47. The molecule has 0 amide bonds. The highest BCUT2D eigenvalue weighted by Crippen LogP contribution is 2.18. The Morgan fingerprint density at radius 1 is 1.40 bits per heavy atom. The predicted octanol–water partition coefficient (Wildman–Crippen LogP) is 1.17. The molecule has 0 aliphatic heterocycles. The first kappa shape index (κ1) is 11.9. The van der Waals surface area contributed by atoms with Gasteiger partial charge in [-0.25, -0.2) is 9.97 Å². The summed E-state index contributed by atoms with van der Waals surface area (Å²) in [6.07, 6.45) is 2.74. The van der Waals surface area contributed by atoms with Gasteiger partial charge in [0, 0.05) is 20.3 Å². The molecule has 0 saturated heterocycles. The predicted molar refractivity (Wildman–Crippen MR) is 63.2 cm³/mol. The summed E-state index contributed by atoms with van der Waals surface area (Å²) in [6.45, 7) is 4.92. The first-order valence-electron chi connectivity index (χ1n) is 5.29. The molecule has 1 aromatic heterocycles. The fourth-order valence-electron chi connectivity index (χ4n) is 1.47. The lowest BCUT2D eigenvalue weighted by atomic mass is 10.0. The van der Waals surface area contributed by atoms with Crippen LogP contribution in [0, 0.1) is 0 Å². The van der Waals surface area contributed by atoms with Gasteiger partial charge in [-0.2, -0.15) is 0 Å². The quantitative estimate of drug-likeness (QED) is 0.807. The Morgan fingerprint density at radius 2 is 2.07 bits per heavy atom. The van der Waals surface area contributed by atoms with Crippen molar-refractivity contribution >= 4 is 5.95 Å². The van der Waals surface area contributed by atoms with E-state index in [1.54, 1.807) is 0 Å². The monoisotopic (exact) mass is 208 g/mol. The van der Waals surface area contributed by atoms with E-state index in [0.717, 1.165) is 23.6 Å². The summed E-state index contributed by atoms with van der Waals surface area (Å²) < 4.78 is 0. The molecule has 84 valence electrons. The van der Waals surface area contributed by atoms with Crippen LogP contribution < -0.4 is 10.6 Å². The van der Waals surface area contributed by atoms with E-state index in [1.807, 2.05) is 25.2 Å². The van der Waals surface area contributed by atoms with Crippen LogP contribution in [0.1, 0.15) is 31.0 Å². The van der Waals surface area contributed by atoms with E-state index in [2.05, 4.69) is 23.8 Å². The molecule has 0 atom stereocenters.